The average molecular weight is 494 g/mol. The van der Waals surface area contributed by atoms with Crippen molar-refractivity contribution >= 4 is 58.0 Å². The van der Waals surface area contributed by atoms with E-state index < -0.39 is 11.8 Å². The molecule has 1 heterocycles. The Hall–Kier alpha value is -3.61. The zero-order chi connectivity index (χ0) is 24.4. The molecule has 0 bridgehead atoms. The zero-order valence-corrected chi connectivity index (χ0v) is 20.0. The van der Waals surface area contributed by atoms with Crippen LogP contribution in [0.25, 0.3) is 0 Å². The van der Waals surface area contributed by atoms with Crippen LogP contribution in [0.5, 0.6) is 0 Å². The molecule has 0 spiro atoms. The largest absolute Gasteiger partial charge is 0.350 e. The van der Waals surface area contributed by atoms with Gasteiger partial charge in [-0.1, -0.05) is 47.5 Å². The number of benzene rings is 3. The smallest absolute Gasteiger partial charge is 0.283 e. The Balaban J connectivity index is 1.59. The molecule has 3 aromatic carbocycles. The lowest BCUT2D eigenvalue weighted by atomic mass is 10.1. The predicted molar refractivity (Wildman–Crippen MR) is 135 cm³/mol. The number of halogens is 2. The van der Waals surface area contributed by atoms with Crippen LogP contribution in [0.1, 0.15) is 22.8 Å². The van der Waals surface area contributed by atoms with Gasteiger partial charge in [0, 0.05) is 28.5 Å². The fourth-order valence-electron chi connectivity index (χ4n) is 3.73. The third-order valence-corrected chi connectivity index (χ3v) is 5.93. The molecule has 3 aromatic rings. The first-order valence-electron chi connectivity index (χ1n) is 10.6. The quantitative estimate of drug-likeness (QED) is 0.443. The van der Waals surface area contributed by atoms with Gasteiger partial charge in [-0.25, -0.2) is 4.90 Å². The fourth-order valence-corrected chi connectivity index (χ4v) is 4.13. The SMILES string of the molecule is CCN(C(=O)c1cccc(NC2=C(Cl)C(=O)N(c3cccc(Cl)c3)C2=O)c1)c1cccc(C)c1. The highest BCUT2D eigenvalue weighted by atomic mass is 35.5. The second kappa shape index (κ2) is 9.71. The van der Waals surface area contributed by atoms with E-state index in [0.29, 0.717) is 28.5 Å². The van der Waals surface area contributed by atoms with Gasteiger partial charge in [0.05, 0.1) is 5.69 Å². The van der Waals surface area contributed by atoms with Crippen LogP contribution in [0, 0.1) is 6.92 Å². The van der Waals surface area contributed by atoms with E-state index in [4.69, 9.17) is 23.2 Å². The second-order valence-corrected chi connectivity index (χ2v) is 8.52. The number of hydrogen-bond donors (Lipinski definition) is 1. The Morgan fingerprint density at radius 1 is 0.941 bits per heavy atom. The lowest BCUT2D eigenvalue weighted by molar-refractivity contribution is -0.120. The van der Waals surface area contributed by atoms with E-state index in [2.05, 4.69) is 5.32 Å². The zero-order valence-electron chi connectivity index (χ0n) is 18.5. The van der Waals surface area contributed by atoms with E-state index in [0.717, 1.165) is 16.2 Å². The van der Waals surface area contributed by atoms with Crippen molar-refractivity contribution in [2.45, 2.75) is 13.8 Å². The number of carbonyl (C=O) groups excluding carboxylic acids is 3. The van der Waals surface area contributed by atoms with Crippen LogP contribution >= 0.6 is 23.2 Å². The minimum Gasteiger partial charge on any atom is -0.350 e. The van der Waals surface area contributed by atoms with Gasteiger partial charge in [-0.3, -0.25) is 14.4 Å². The van der Waals surface area contributed by atoms with Crippen LogP contribution in [-0.2, 0) is 9.59 Å². The van der Waals surface area contributed by atoms with Gasteiger partial charge in [-0.05, 0) is 67.9 Å². The van der Waals surface area contributed by atoms with Gasteiger partial charge >= 0.3 is 0 Å². The first-order chi connectivity index (χ1) is 16.3. The van der Waals surface area contributed by atoms with Crippen molar-refractivity contribution in [3.8, 4) is 0 Å². The first-order valence-corrected chi connectivity index (χ1v) is 11.4. The average Bonchev–Trinajstić information content (AvgIpc) is 3.03. The number of aryl methyl sites for hydroxylation is 1. The summed E-state index contributed by atoms with van der Waals surface area (Å²) in [7, 11) is 0. The van der Waals surface area contributed by atoms with E-state index in [1.807, 2.05) is 38.1 Å². The normalized spacial score (nSPS) is 13.5. The Kier molecular flexibility index (Phi) is 6.72. The Morgan fingerprint density at radius 3 is 2.38 bits per heavy atom. The number of rotatable bonds is 6. The summed E-state index contributed by atoms with van der Waals surface area (Å²) < 4.78 is 0. The molecule has 4 rings (SSSR count). The monoisotopic (exact) mass is 493 g/mol. The molecule has 3 amide bonds. The maximum absolute atomic E-state index is 13.2. The van der Waals surface area contributed by atoms with Crippen LogP contribution in [0.4, 0.5) is 17.1 Å². The van der Waals surface area contributed by atoms with Gasteiger partial charge < -0.3 is 10.2 Å². The summed E-state index contributed by atoms with van der Waals surface area (Å²) in [5, 5.41) is 3.06. The van der Waals surface area contributed by atoms with Crippen LogP contribution in [-0.4, -0.2) is 24.3 Å². The van der Waals surface area contributed by atoms with Crippen molar-refractivity contribution in [3.05, 3.63) is 99.7 Å². The van der Waals surface area contributed by atoms with Crippen molar-refractivity contribution in [1.82, 2.24) is 0 Å². The third kappa shape index (κ3) is 4.55. The lowest BCUT2D eigenvalue weighted by Crippen LogP contribution is -2.32. The molecule has 1 N–H and O–H groups in total. The summed E-state index contributed by atoms with van der Waals surface area (Å²) >= 11 is 12.2. The second-order valence-electron chi connectivity index (χ2n) is 7.71. The maximum atomic E-state index is 13.2. The van der Waals surface area contributed by atoms with Gasteiger partial charge in [-0.15, -0.1) is 0 Å². The Labute approximate surface area is 207 Å². The Morgan fingerprint density at radius 2 is 1.68 bits per heavy atom. The molecule has 0 saturated carbocycles. The molecule has 0 aliphatic carbocycles. The minimum atomic E-state index is -0.653. The molecule has 0 unspecified atom stereocenters. The van der Waals surface area contributed by atoms with E-state index in [9.17, 15) is 14.4 Å². The van der Waals surface area contributed by atoms with Gasteiger partial charge in [0.1, 0.15) is 10.7 Å². The summed E-state index contributed by atoms with van der Waals surface area (Å²) in [4.78, 5) is 41.6. The summed E-state index contributed by atoms with van der Waals surface area (Å²) in [6.07, 6.45) is 0. The highest BCUT2D eigenvalue weighted by Crippen LogP contribution is 2.31. The highest BCUT2D eigenvalue weighted by molar-refractivity contribution is 6.53. The van der Waals surface area contributed by atoms with Gasteiger partial charge in [0.25, 0.3) is 17.7 Å². The number of nitrogens with one attached hydrogen (secondary N) is 1. The maximum Gasteiger partial charge on any atom is 0.283 e. The summed E-state index contributed by atoms with van der Waals surface area (Å²) in [6, 6.07) is 20.8. The lowest BCUT2D eigenvalue weighted by Gasteiger charge is -2.22. The van der Waals surface area contributed by atoms with E-state index in [1.54, 1.807) is 47.4 Å². The molecule has 172 valence electrons. The molecule has 0 saturated heterocycles. The highest BCUT2D eigenvalue weighted by Gasteiger charge is 2.39. The van der Waals surface area contributed by atoms with Crippen LogP contribution in [0.2, 0.25) is 5.02 Å². The van der Waals surface area contributed by atoms with Crippen LogP contribution in [0.3, 0.4) is 0 Å². The number of hydrogen-bond acceptors (Lipinski definition) is 4. The van der Waals surface area contributed by atoms with Gasteiger partial charge in [-0.2, -0.15) is 0 Å². The third-order valence-electron chi connectivity index (χ3n) is 5.35. The molecule has 1 aliphatic rings. The minimum absolute atomic E-state index is 0.0673. The predicted octanol–water partition coefficient (Wildman–Crippen LogP) is 5.75. The standard InChI is InChI=1S/C26H21Cl2N3O3/c1-3-30(20-11-4-7-16(2)13-20)24(32)17-8-5-10-19(14-17)29-23-22(28)25(33)31(26(23)34)21-12-6-9-18(27)15-21/h4-15,29H,3H2,1-2H3. The number of amides is 3. The van der Waals surface area contributed by atoms with Crippen molar-refractivity contribution in [2.24, 2.45) is 0 Å². The number of anilines is 3. The van der Waals surface area contributed by atoms with E-state index in [1.165, 1.54) is 6.07 Å². The molecule has 6 nitrogen and oxygen atoms in total. The van der Waals surface area contributed by atoms with E-state index >= 15 is 0 Å². The molecule has 0 radical (unpaired) electrons. The van der Waals surface area contributed by atoms with Crippen molar-refractivity contribution in [1.29, 1.82) is 0 Å². The first kappa shape index (κ1) is 23.5. The molecule has 8 heteroatoms. The molecule has 34 heavy (non-hydrogen) atoms. The topological polar surface area (TPSA) is 69.7 Å². The number of carbonyl (C=O) groups is 3. The van der Waals surface area contributed by atoms with Crippen molar-refractivity contribution in [3.63, 3.8) is 0 Å². The number of nitrogens with zero attached hydrogens (tertiary/aromatic N) is 2. The molecule has 1 aliphatic heterocycles. The summed E-state index contributed by atoms with van der Waals surface area (Å²) in [5.74, 6) is -1.45. The summed E-state index contributed by atoms with van der Waals surface area (Å²) in [5.41, 5.74) is 2.97. The molecule has 0 atom stereocenters. The molecular formula is C26H21Cl2N3O3. The molecular weight excluding hydrogens is 473 g/mol. The van der Waals surface area contributed by atoms with Crippen LogP contribution < -0.4 is 15.1 Å². The number of imide groups is 1. The molecule has 0 fully saturated rings. The van der Waals surface area contributed by atoms with E-state index in [-0.39, 0.29) is 16.6 Å². The molecule has 0 aromatic heterocycles. The van der Waals surface area contributed by atoms with Gasteiger partial charge in [0.2, 0.25) is 0 Å². The summed E-state index contributed by atoms with van der Waals surface area (Å²) in [6.45, 7) is 4.36. The van der Waals surface area contributed by atoms with Crippen LogP contribution in [0.15, 0.2) is 83.5 Å². The van der Waals surface area contributed by atoms with Crippen molar-refractivity contribution in [2.75, 3.05) is 21.7 Å². The fraction of sp³-hybridized carbons (Fsp3) is 0.115. The van der Waals surface area contributed by atoms with Gasteiger partial charge in [0.15, 0.2) is 0 Å². The Bertz CT molecular complexity index is 1340. The van der Waals surface area contributed by atoms with Crippen molar-refractivity contribution < 1.29 is 14.4 Å².